The number of benzene rings is 5. The Hall–Kier alpha value is -6.25. The number of nitrogens with one attached hydrogen (secondary N) is 1. The SMILES string of the molecule is C=CCOc1c(C)c2c(c3c1CC1[C@@H]4c5c(cc(C)c(OC)c5OCOCCOC)C[C@H]([C@H](C#N)N1[C@H]3COC(CSCC1c3ccccc3-c3ccccc31)NC(=O)OCc1ccccc1)N4C)OCO2. The minimum absolute atomic E-state index is 0.00780. The average molecular weight is 995 g/mol. The summed E-state index contributed by atoms with van der Waals surface area (Å²) in [5.41, 5.74) is 11.6. The zero-order valence-corrected chi connectivity index (χ0v) is 42.3. The van der Waals surface area contributed by atoms with Gasteiger partial charge in [-0.1, -0.05) is 97.6 Å². The standard InChI is InChI=1S/C57H62N4O10S/c1-7-21-66-53-35(3)54-56(71-33-70-54)50-42(53)26-45-51-49-37(24-34(2)52(64-6)55(49)69-32-65-23-22-63-5)25-44(60(51)4)46(27-58)61(45)47(50)29-67-48(59-57(62)68-28-36-15-9-8-10-16-36)31-72-30-43-40-19-13-11-17-38(40)39-18-12-14-20-41(39)43/h7-20,24,43-48,51H,1,21-23,25-26,28-33H2,2-6H3,(H,59,62)/t44-,45?,46+,47+,48?,51-/m1/s1. The number of nitrogens with zero attached hydrogens (tertiary/aromatic N) is 3. The van der Waals surface area contributed by atoms with Gasteiger partial charge in [0.1, 0.15) is 31.2 Å². The lowest BCUT2D eigenvalue weighted by molar-refractivity contribution is -0.0977. The van der Waals surface area contributed by atoms with Gasteiger partial charge in [0.2, 0.25) is 6.79 Å². The third-order valence-electron chi connectivity index (χ3n) is 14.8. The van der Waals surface area contributed by atoms with Crippen molar-refractivity contribution in [3.8, 4) is 45.9 Å². The molecule has 72 heavy (non-hydrogen) atoms. The van der Waals surface area contributed by atoms with Crippen molar-refractivity contribution in [3.05, 3.63) is 148 Å². The summed E-state index contributed by atoms with van der Waals surface area (Å²) in [5.74, 6) is 4.47. The van der Waals surface area contributed by atoms with E-state index in [1.807, 2.05) is 44.2 Å². The van der Waals surface area contributed by atoms with Gasteiger partial charge in [0.25, 0.3) is 0 Å². The minimum atomic E-state index is -0.792. The normalized spacial score (nSPS) is 20.8. The van der Waals surface area contributed by atoms with Crippen molar-refractivity contribution in [1.82, 2.24) is 15.1 Å². The second-order valence-corrected chi connectivity index (χ2v) is 19.9. The molecule has 1 saturated heterocycles. The van der Waals surface area contributed by atoms with Crippen LogP contribution in [0.2, 0.25) is 0 Å². The van der Waals surface area contributed by atoms with Gasteiger partial charge in [-0.2, -0.15) is 17.0 Å². The molecule has 4 heterocycles. The number of thioether (sulfide) groups is 1. The lowest BCUT2D eigenvalue weighted by Crippen LogP contribution is -2.68. The fraction of sp³-hybridized carbons (Fsp3) is 0.404. The zero-order chi connectivity index (χ0) is 49.9. The molecule has 10 rings (SSSR count). The van der Waals surface area contributed by atoms with E-state index >= 15 is 0 Å². The van der Waals surface area contributed by atoms with Gasteiger partial charge in [0, 0.05) is 58.9 Å². The quantitative estimate of drug-likeness (QED) is 0.0450. The van der Waals surface area contributed by atoms with E-state index in [1.54, 1.807) is 32.1 Å². The Morgan fingerprint density at radius 3 is 2.38 bits per heavy atom. The van der Waals surface area contributed by atoms with Crippen LogP contribution in [0.4, 0.5) is 4.79 Å². The Morgan fingerprint density at radius 1 is 0.917 bits per heavy atom. The number of hydrogen-bond acceptors (Lipinski definition) is 14. The third-order valence-corrected chi connectivity index (χ3v) is 15.9. The highest BCUT2D eigenvalue weighted by Crippen LogP contribution is 2.59. The Balaban J connectivity index is 1.03. The van der Waals surface area contributed by atoms with Crippen molar-refractivity contribution >= 4 is 17.9 Å². The molecule has 15 heteroatoms. The third kappa shape index (κ3) is 9.25. The fourth-order valence-electron chi connectivity index (χ4n) is 11.7. The van der Waals surface area contributed by atoms with E-state index in [1.165, 1.54) is 22.3 Å². The molecule has 5 aromatic carbocycles. The van der Waals surface area contributed by atoms with Crippen LogP contribution in [0.25, 0.3) is 11.1 Å². The topological polar surface area (TPSA) is 142 Å². The highest BCUT2D eigenvalue weighted by atomic mass is 32.2. The number of rotatable bonds is 20. The molecule has 0 radical (unpaired) electrons. The number of nitriles is 1. The van der Waals surface area contributed by atoms with Crippen LogP contribution in [-0.2, 0) is 38.4 Å². The number of ether oxygens (including phenoxy) is 9. The lowest BCUT2D eigenvalue weighted by Gasteiger charge is -2.60. The van der Waals surface area contributed by atoms with Gasteiger partial charge in [-0.05, 0) is 72.7 Å². The summed E-state index contributed by atoms with van der Waals surface area (Å²) in [7, 11) is 5.40. The molecule has 1 fully saturated rings. The van der Waals surface area contributed by atoms with Crippen LogP contribution >= 0.6 is 11.8 Å². The van der Waals surface area contributed by atoms with Crippen molar-refractivity contribution in [2.24, 2.45) is 0 Å². The average Bonchev–Trinajstić information content (AvgIpc) is 4.01. The number of methoxy groups -OCH3 is 2. The molecule has 5 aliphatic rings. The highest BCUT2D eigenvalue weighted by molar-refractivity contribution is 7.99. The molecule has 1 amide bonds. The number of hydrogen-bond donors (Lipinski definition) is 1. The molecular formula is C57H62N4O10S. The zero-order valence-electron chi connectivity index (χ0n) is 41.5. The van der Waals surface area contributed by atoms with Crippen LogP contribution in [0.5, 0.6) is 28.7 Å². The van der Waals surface area contributed by atoms with Gasteiger partial charge >= 0.3 is 6.09 Å². The Morgan fingerprint density at radius 2 is 1.65 bits per heavy atom. The number of aryl methyl sites for hydroxylation is 1. The lowest BCUT2D eigenvalue weighted by atomic mass is 9.71. The van der Waals surface area contributed by atoms with Crippen molar-refractivity contribution in [2.75, 3.05) is 72.8 Å². The number of fused-ring (bicyclic) bond motifs is 12. The van der Waals surface area contributed by atoms with Crippen molar-refractivity contribution in [2.45, 2.75) is 75.7 Å². The molecule has 0 spiro atoms. The summed E-state index contributed by atoms with van der Waals surface area (Å²) >= 11 is 1.71. The predicted octanol–water partition coefficient (Wildman–Crippen LogP) is 9.19. The summed E-state index contributed by atoms with van der Waals surface area (Å²) in [5, 5.41) is 14.6. The van der Waals surface area contributed by atoms with E-state index < -0.39 is 24.4 Å². The van der Waals surface area contributed by atoms with Gasteiger partial charge in [0.15, 0.2) is 29.8 Å². The van der Waals surface area contributed by atoms with Crippen LogP contribution in [0.15, 0.2) is 97.6 Å². The first-order valence-corrected chi connectivity index (χ1v) is 25.7. The number of likely N-dealkylation sites (N-methyl/N-ethyl adjacent to an activating group) is 1. The van der Waals surface area contributed by atoms with Crippen molar-refractivity contribution in [3.63, 3.8) is 0 Å². The van der Waals surface area contributed by atoms with E-state index in [0.29, 0.717) is 60.6 Å². The molecule has 5 aromatic rings. The van der Waals surface area contributed by atoms with Crippen LogP contribution in [0.1, 0.15) is 68.1 Å². The predicted molar refractivity (Wildman–Crippen MR) is 274 cm³/mol. The van der Waals surface area contributed by atoms with Gasteiger partial charge < -0.3 is 42.6 Å². The number of amides is 1. The minimum Gasteiger partial charge on any atom is -0.493 e. The number of piperazine rings is 1. The summed E-state index contributed by atoms with van der Waals surface area (Å²) < 4.78 is 55.9. The fourth-order valence-corrected chi connectivity index (χ4v) is 12.8. The van der Waals surface area contributed by atoms with Crippen LogP contribution in [-0.4, -0.2) is 113 Å². The largest absolute Gasteiger partial charge is 0.493 e. The molecule has 376 valence electrons. The van der Waals surface area contributed by atoms with Gasteiger partial charge in [-0.25, -0.2) is 4.79 Å². The van der Waals surface area contributed by atoms with Gasteiger partial charge in [0.05, 0.1) is 45.1 Å². The van der Waals surface area contributed by atoms with Gasteiger partial charge in [-0.15, -0.1) is 0 Å². The summed E-state index contributed by atoms with van der Waals surface area (Å²) in [6.45, 7) is 9.23. The Kier molecular flexibility index (Phi) is 15.0. The monoisotopic (exact) mass is 994 g/mol. The molecule has 6 atom stereocenters. The first-order chi connectivity index (χ1) is 35.3. The Bertz CT molecular complexity index is 2790. The second-order valence-electron chi connectivity index (χ2n) is 18.8. The highest BCUT2D eigenvalue weighted by Gasteiger charge is 2.57. The molecule has 2 bridgehead atoms. The number of alkyl carbamates (subject to hydrolysis) is 1. The molecule has 0 saturated carbocycles. The maximum Gasteiger partial charge on any atom is 0.409 e. The summed E-state index contributed by atoms with van der Waals surface area (Å²) in [6.07, 6.45) is 1.41. The first-order valence-electron chi connectivity index (χ1n) is 24.6. The maximum atomic E-state index is 13.8. The van der Waals surface area contributed by atoms with Crippen molar-refractivity contribution < 1.29 is 47.4 Å². The molecule has 14 nitrogen and oxygen atoms in total. The van der Waals surface area contributed by atoms with Crippen LogP contribution < -0.4 is 29.0 Å². The smallest absolute Gasteiger partial charge is 0.409 e. The van der Waals surface area contributed by atoms with E-state index in [4.69, 9.17) is 42.6 Å². The second kappa shape index (κ2) is 21.8. The molecule has 1 N–H and O–H groups in total. The number of carbonyl (C=O) groups excluding carboxylic acids is 1. The molecule has 0 aromatic heterocycles. The number of carbonyl (C=O) groups is 1. The van der Waals surface area contributed by atoms with E-state index in [2.05, 4.69) is 89.4 Å². The first kappa shape index (κ1) is 49.3. The molecule has 1 aliphatic carbocycles. The molecule has 2 unspecified atom stereocenters. The van der Waals surface area contributed by atoms with E-state index in [9.17, 15) is 10.1 Å². The van der Waals surface area contributed by atoms with Crippen LogP contribution in [0.3, 0.4) is 0 Å². The van der Waals surface area contributed by atoms with Crippen molar-refractivity contribution in [1.29, 1.82) is 5.26 Å². The van der Waals surface area contributed by atoms with Crippen LogP contribution in [0, 0.1) is 25.2 Å². The summed E-state index contributed by atoms with van der Waals surface area (Å²) in [4.78, 5) is 18.5. The Labute approximate surface area is 426 Å². The summed E-state index contributed by atoms with van der Waals surface area (Å²) in [6, 6.07) is 29.7. The maximum absolute atomic E-state index is 13.8. The van der Waals surface area contributed by atoms with Gasteiger partial charge in [-0.3, -0.25) is 15.1 Å². The molecule has 4 aliphatic heterocycles. The van der Waals surface area contributed by atoms with E-state index in [-0.39, 0.29) is 57.4 Å². The van der Waals surface area contributed by atoms with E-state index in [0.717, 1.165) is 44.7 Å². The molecular weight excluding hydrogens is 933 g/mol.